The largest absolute Gasteiger partial charge is 0.396 e. The molecule has 0 heterocycles. The minimum atomic E-state index is 0.331. The van der Waals surface area contributed by atoms with Crippen LogP contribution < -0.4 is 0 Å². The van der Waals surface area contributed by atoms with Gasteiger partial charge in [0.15, 0.2) is 0 Å². The molecule has 0 aromatic carbocycles. The number of nitrogens with zero attached hydrogens (tertiary/aromatic N) is 1. The molecule has 0 aliphatic heterocycles. The van der Waals surface area contributed by atoms with Gasteiger partial charge in [-0.15, -0.1) is 0 Å². The molecular weight excluding hydrogens is 138 g/mol. The molecule has 0 saturated carbocycles. The van der Waals surface area contributed by atoms with Crippen molar-refractivity contribution < 1.29 is 9.59 Å². The number of aliphatic hydroxyl groups is 1. The summed E-state index contributed by atoms with van der Waals surface area (Å²) in [7, 11) is 4.48. The lowest BCUT2D eigenvalue weighted by atomic mass is 10.2. The summed E-state index contributed by atoms with van der Waals surface area (Å²) in [6.07, 6.45) is 2.07. The summed E-state index contributed by atoms with van der Waals surface area (Å²) in [5.41, 5.74) is 0. The second-order valence-electron chi connectivity index (χ2n) is 4.03. The predicted molar refractivity (Wildman–Crippen MR) is 48.4 cm³/mol. The number of hydrogen-bond donors (Lipinski definition) is 1. The van der Waals surface area contributed by atoms with E-state index in [-0.39, 0.29) is 0 Å². The van der Waals surface area contributed by atoms with Crippen LogP contribution in [0.5, 0.6) is 0 Å². The van der Waals surface area contributed by atoms with Gasteiger partial charge in [0.2, 0.25) is 0 Å². The lowest BCUT2D eigenvalue weighted by Crippen LogP contribution is -2.46. The van der Waals surface area contributed by atoms with Crippen LogP contribution in [0.25, 0.3) is 0 Å². The third-order valence-electron chi connectivity index (χ3n) is 2.54. The minimum absolute atomic E-state index is 0.331. The van der Waals surface area contributed by atoms with Crippen molar-refractivity contribution >= 4 is 0 Å². The number of quaternary nitrogens is 1. The maximum Gasteiger partial charge on any atom is 0.0829 e. The van der Waals surface area contributed by atoms with E-state index in [4.69, 9.17) is 5.11 Å². The Labute approximate surface area is 70.4 Å². The monoisotopic (exact) mass is 160 g/mol. The third kappa shape index (κ3) is 4.38. The van der Waals surface area contributed by atoms with E-state index in [9.17, 15) is 0 Å². The number of rotatable bonds is 5. The molecule has 0 rings (SSSR count). The first kappa shape index (κ1) is 10.9. The van der Waals surface area contributed by atoms with Gasteiger partial charge in [-0.05, 0) is 26.7 Å². The Hall–Kier alpha value is -0.0800. The van der Waals surface area contributed by atoms with Gasteiger partial charge in [0.1, 0.15) is 0 Å². The molecule has 68 valence electrons. The van der Waals surface area contributed by atoms with E-state index in [1.807, 2.05) is 0 Å². The number of unbranched alkanes of at least 4 members (excludes halogenated alkanes) is 1. The molecule has 0 saturated heterocycles. The number of aliphatic hydroxyl groups excluding tert-OH is 1. The Balaban J connectivity index is 3.55. The highest BCUT2D eigenvalue weighted by molar-refractivity contribution is 4.42. The fraction of sp³-hybridized carbons (Fsp3) is 1.00. The first-order valence-corrected chi connectivity index (χ1v) is 4.44. The van der Waals surface area contributed by atoms with Crippen LogP contribution in [0.4, 0.5) is 0 Å². The second-order valence-corrected chi connectivity index (χ2v) is 4.03. The summed E-state index contributed by atoms with van der Waals surface area (Å²) < 4.78 is 1.06. The van der Waals surface area contributed by atoms with Gasteiger partial charge < -0.3 is 9.59 Å². The van der Waals surface area contributed by atoms with Crippen LogP contribution in [0, 0.1) is 0 Å². The van der Waals surface area contributed by atoms with Crippen LogP contribution in [-0.4, -0.2) is 42.9 Å². The smallest absolute Gasteiger partial charge is 0.0829 e. The molecule has 0 aromatic heterocycles. The van der Waals surface area contributed by atoms with Crippen LogP contribution in [0.15, 0.2) is 0 Å². The summed E-state index contributed by atoms with van der Waals surface area (Å²) in [6, 6.07) is 0.675. The first-order valence-electron chi connectivity index (χ1n) is 4.44. The summed E-state index contributed by atoms with van der Waals surface area (Å²) in [6.45, 7) is 5.97. The van der Waals surface area contributed by atoms with E-state index in [1.54, 1.807) is 0 Å². The Morgan fingerprint density at radius 2 is 1.73 bits per heavy atom. The standard InChI is InChI=1S/C9H22NO/c1-9(2)10(3,4)7-5-6-8-11/h9,11H,5-8H2,1-4H3/q+1. The SMILES string of the molecule is CC(C)[N+](C)(C)CCCCO. The zero-order valence-corrected chi connectivity index (χ0v) is 8.30. The topological polar surface area (TPSA) is 20.2 Å². The molecule has 0 aromatic rings. The summed E-state index contributed by atoms with van der Waals surface area (Å²) in [4.78, 5) is 0. The van der Waals surface area contributed by atoms with Crippen LogP contribution in [-0.2, 0) is 0 Å². The summed E-state index contributed by atoms with van der Waals surface area (Å²) >= 11 is 0. The quantitative estimate of drug-likeness (QED) is 0.474. The van der Waals surface area contributed by atoms with Crippen LogP contribution >= 0.6 is 0 Å². The van der Waals surface area contributed by atoms with Gasteiger partial charge in [0, 0.05) is 6.61 Å². The summed E-state index contributed by atoms with van der Waals surface area (Å²) in [5, 5.41) is 8.59. The Morgan fingerprint density at radius 3 is 2.09 bits per heavy atom. The van der Waals surface area contributed by atoms with Crippen molar-refractivity contribution in [3.63, 3.8) is 0 Å². The lowest BCUT2D eigenvalue weighted by Gasteiger charge is -2.34. The van der Waals surface area contributed by atoms with E-state index in [0.717, 1.165) is 23.9 Å². The zero-order chi connectivity index (χ0) is 8.91. The van der Waals surface area contributed by atoms with Gasteiger partial charge in [0.25, 0.3) is 0 Å². The van der Waals surface area contributed by atoms with Gasteiger partial charge in [-0.3, -0.25) is 0 Å². The Bertz CT molecular complexity index is 99.7. The van der Waals surface area contributed by atoms with Crippen LogP contribution in [0.3, 0.4) is 0 Å². The minimum Gasteiger partial charge on any atom is -0.396 e. The zero-order valence-electron chi connectivity index (χ0n) is 8.30. The average molecular weight is 160 g/mol. The van der Waals surface area contributed by atoms with Crippen molar-refractivity contribution in [1.82, 2.24) is 0 Å². The fourth-order valence-corrected chi connectivity index (χ4v) is 0.889. The van der Waals surface area contributed by atoms with Gasteiger partial charge in [0.05, 0.1) is 26.7 Å². The van der Waals surface area contributed by atoms with Crippen molar-refractivity contribution in [1.29, 1.82) is 0 Å². The van der Waals surface area contributed by atoms with Crippen LogP contribution in [0.2, 0.25) is 0 Å². The third-order valence-corrected chi connectivity index (χ3v) is 2.54. The molecule has 2 heteroatoms. The molecule has 0 spiro atoms. The molecule has 2 nitrogen and oxygen atoms in total. The second kappa shape index (κ2) is 4.73. The van der Waals surface area contributed by atoms with Crippen molar-refractivity contribution in [3.8, 4) is 0 Å². The Kier molecular flexibility index (Phi) is 4.69. The van der Waals surface area contributed by atoms with Gasteiger partial charge in [-0.2, -0.15) is 0 Å². The van der Waals surface area contributed by atoms with E-state index in [2.05, 4.69) is 27.9 Å². The highest BCUT2D eigenvalue weighted by Gasteiger charge is 2.18. The maximum absolute atomic E-state index is 8.59. The normalized spacial score (nSPS) is 12.5. The molecule has 0 unspecified atom stereocenters. The van der Waals surface area contributed by atoms with Crippen LogP contribution in [0.1, 0.15) is 26.7 Å². The van der Waals surface area contributed by atoms with Crippen molar-refractivity contribution in [2.45, 2.75) is 32.7 Å². The predicted octanol–water partition coefficient (Wildman–Crippen LogP) is 1.24. The average Bonchev–Trinajstić information content (AvgIpc) is 1.88. The molecule has 11 heavy (non-hydrogen) atoms. The molecule has 0 bridgehead atoms. The highest BCUT2D eigenvalue weighted by Crippen LogP contribution is 2.07. The molecule has 0 radical (unpaired) electrons. The first-order chi connectivity index (χ1) is 5.00. The maximum atomic E-state index is 8.59. The van der Waals surface area contributed by atoms with E-state index >= 15 is 0 Å². The van der Waals surface area contributed by atoms with E-state index in [1.165, 1.54) is 0 Å². The molecule has 0 aliphatic rings. The molecule has 0 atom stereocenters. The molecule has 0 fully saturated rings. The summed E-state index contributed by atoms with van der Waals surface area (Å²) in [5.74, 6) is 0. The lowest BCUT2D eigenvalue weighted by molar-refractivity contribution is -0.911. The van der Waals surface area contributed by atoms with Crippen molar-refractivity contribution in [3.05, 3.63) is 0 Å². The molecule has 0 amide bonds. The number of hydrogen-bond acceptors (Lipinski definition) is 1. The van der Waals surface area contributed by atoms with Crippen molar-refractivity contribution in [2.24, 2.45) is 0 Å². The highest BCUT2D eigenvalue weighted by atomic mass is 16.2. The molecular formula is C9H22NO+. The van der Waals surface area contributed by atoms with Gasteiger partial charge >= 0.3 is 0 Å². The fourth-order valence-electron chi connectivity index (χ4n) is 0.889. The molecule has 1 N–H and O–H groups in total. The van der Waals surface area contributed by atoms with Gasteiger partial charge in [-0.1, -0.05) is 0 Å². The van der Waals surface area contributed by atoms with E-state index < -0.39 is 0 Å². The Morgan fingerprint density at radius 1 is 1.18 bits per heavy atom. The van der Waals surface area contributed by atoms with E-state index in [0.29, 0.717) is 12.6 Å². The van der Waals surface area contributed by atoms with Crippen molar-refractivity contribution in [2.75, 3.05) is 27.2 Å². The molecule has 0 aliphatic carbocycles. The van der Waals surface area contributed by atoms with Gasteiger partial charge in [-0.25, -0.2) is 0 Å².